The number of carbonyl (C=O) groups is 2. The first-order chi connectivity index (χ1) is 10.5. The van der Waals surface area contributed by atoms with Gasteiger partial charge in [-0.15, -0.1) is 0 Å². The first-order valence-electron chi connectivity index (χ1n) is 6.87. The zero-order chi connectivity index (χ0) is 15.9. The average molecular weight is 304 g/mol. The Hall–Kier alpha value is -2.54. The van der Waals surface area contributed by atoms with Gasteiger partial charge in [-0.05, 0) is 36.7 Å². The van der Waals surface area contributed by atoms with Crippen LogP contribution in [-0.4, -0.2) is 47.3 Å². The number of nitrogens with one attached hydrogen (secondary N) is 2. The van der Waals surface area contributed by atoms with Gasteiger partial charge in [0.15, 0.2) is 0 Å². The molecular weight excluding hydrogens is 288 g/mol. The Morgan fingerprint density at radius 3 is 2.64 bits per heavy atom. The van der Waals surface area contributed by atoms with Crippen molar-refractivity contribution >= 4 is 22.8 Å². The molecule has 0 aliphatic carbocycles. The lowest BCUT2D eigenvalue weighted by molar-refractivity contribution is -0.157. The van der Waals surface area contributed by atoms with Crippen molar-refractivity contribution in [3.05, 3.63) is 29.5 Å². The van der Waals surface area contributed by atoms with Gasteiger partial charge < -0.3 is 25.3 Å². The van der Waals surface area contributed by atoms with E-state index in [-0.39, 0.29) is 12.2 Å². The summed E-state index contributed by atoms with van der Waals surface area (Å²) in [6, 6.07) is 5.31. The molecule has 116 valence electrons. The quantitative estimate of drug-likeness (QED) is 0.622. The summed E-state index contributed by atoms with van der Waals surface area (Å²) >= 11 is 0. The molecule has 1 aliphatic rings. The van der Waals surface area contributed by atoms with Crippen LogP contribution in [-0.2, 0) is 21.4 Å². The molecule has 0 saturated carbocycles. The molecule has 0 fully saturated rings. The van der Waals surface area contributed by atoms with Gasteiger partial charge in [0.05, 0.1) is 7.11 Å². The van der Waals surface area contributed by atoms with Crippen molar-refractivity contribution in [1.82, 2.24) is 10.3 Å². The molecule has 1 aliphatic heterocycles. The van der Waals surface area contributed by atoms with Gasteiger partial charge in [-0.3, -0.25) is 9.59 Å². The van der Waals surface area contributed by atoms with E-state index in [0.717, 1.165) is 5.39 Å². The lowest BCUT2D eigenvalue weighted by atomic mass is 9.82. The number of aromatic amines is 1. The van der Waals surface area contributed by atoms with Crippen molar-refractivity contribution in [3.8, 4) is 5.75 Å². The summed E-state index contributed by atoms with van der Waals surface area (Å²) in [4.78, 5) is 26.5. The Labute approximate surface area is 125 Å². The Morgan fingerprint density at radius 1 is 1.27 bits per heavy atom. The first kappa shape index (κ1) is 14.4. The smallest absolute Gasteiger partial charge is 0.328 e. The van der Waals surface area contributed by atoms with Crippen molar-refractivity contribution in [2.45, 2.75) is 11.8 Å². The van der Waals surface area contributed by atoms with E-state index >= 15 is 0 Å². The van der Waals surface area contributed by atoms with Crippen molar-refractivity contribution < 1.29 is 24.5 Å². The van der Waals surface area contributed by atoms with E-state index in [1.54, 1.807) is 25.3 Å². The van der Waals surface area contributed by atoms with Crippen LogP contribution >= 0.6 is 0 Å². The molecule has 22 heavy (non-hydrogen) atoms. The standard InChI is InChI=1S/C15H16N2O5/c1-22-8-2-3-11-10(6-8)9-4-5-16-7-15(13(18)19,14(20)21)12(9)17-11/h2-3,6,16-17H,4-5,7H2,1H3,(H,18,19)(H,20,21). The van der Waals surface area contributed by atoms with Crippen LogP contribution in [0, 0.1) is 0 Å². The van der Waals surface area contributed by atoms with E-state index < -0.39 is 17.4 Å². The molecule has 0 unspecified atom stereocenters. The number of ether oxygens (including phenoxy) is 1. The topological polar surface area (TPSA) is 112 Å². The van der Waals surface area contributed by atoms with Gasteiger partial charge in [0, 0.05) is 23.1 Å². The molecule has 7 heteroatoms. The molecule has 0 bridgehead atoms. The Morgan fingerprint density at radius 2 is 2.00 bits per heavy atom. The van der Waals surface area contributed by atoms with Crippen LogP contribution in [0.4, 0.5) is 0 Å². The second-order valence-corrected chi connectivity index (χ2v) is 5.33. The van der Waals surface area contributed by atoms with E-state index in [2.05, 4.69) is 10.3 Å². The van der Waals surface area contributed by atoms with E-state index in [1.807, 2.05) is 0 Å². The molecular formula is C15H16N2O5. The average Bonchev–Trinajstić information content (AvgIpc) is 2.72. The maximum Gasteiger partial charge on any atom is 0.328 e. The summed E-state index contributed by atoms with van der Waals surface area (Å²) in [5, 5.41) is 22.9. The van der Waals surface area contributed by atoms with E-state index in [4.69, 9.17) is 4.74 Å². The van der Waals surface area contributed by atoms with Gasteiger partial charge in [-0.25, -0.2) is 0 Å². The summed E-state index contributed by atoms with van der Waals surface area (Å²) < 4.78 is 5.20. The number of hydrogen-bond donors (Lipinski definition) is 4. The van der Waals surface area contributed by atoms with Gasteiger partial charge in [-0.2, -0.15) is 0 Å². The number of carboxylic acid groups (broad SMARTS) is 2. The van der Waals surface area contributed by atoms with Crippen molar-refractivity contribution in [1.29, 1.82) is 0 Å². The number of fused-ring (bicyclic) bond motifs is 3. The molecule has 2 aromatic rings. The molecule has 1 aromatic heterocycles. The number of H-pyrrole nitrogens is 1. The number of aromatic nitrogens is 1. The predicted octanol–water partition coefficient (Wildman–Crippen LogP) is 0.729. The zero-order valence-electron chi connectivity index (χ0n) is 12.0. The van der Waals surface area contributed by atoms with Crippen LogP contribution in [0.3, 0.4) is 0 Å². The third-order valence-electron chi connectivity index (χ3n) is 4.21. The molecule has 7 nitrogen and oxygen atoms in total. The van der Waals surface area contributed by atoms with Gasteiger partial charge in [-0.1, -0.05) is 0 Å². The summed E-state index contributed by atoms with van der Waals surface area (Å²) in [5.41, 5.74) is -0.359. The van der Waals surface area contributed by atoms with Crippen LogP contribution in [0.15, 0.2) is 18.2 Å². The summed E-state index contributed by atoms with van der Waals surface area (Å²) in [5.74, 6) is -2.12. The molecule has 0 atom stereocenters. The van der Waals surface area contributed by atoms with Gasteiger partial charge >= 0.3 is 11.9 Å². The number of carboxylic acids is 2. The van der Waals surface area contributed by atoms with Crippen LogP contribution in [0.2, 0.25) is 0 Å². The third-order valence-corrected chi connectivity index (χ3v) is 4.21. The van der Waals surface area contributed by atoms with Crippen LogP contribution < -0.4 is 10.1 Å². The fraction of sp³-hybridized carbons (Fsp3) is 0.333. The second kappa shape index (κ2) is 5.03. The van der Waals surface area contributed by atoms with E-state index in [1.165, 1.54) is 0 Å². The second-order valence-electron chi connectivity index (χ2n) is 5.33. The van der Waals surface area contributed by atoms with Gasteiger partial charge in [0.25, 0.3) is 0 Å². The van der Waals surface area contributed by atoms with Crippen LogP contribution in [0.25, 0.3) is 10.9 Å². The van der Waals surface area contributed by atoms with E-state index in [0.29, 0.717) is 29.8 Å². The highest BCUT2D eigenvalue weighted by Crippen LogP contribution is 2.35. The summed E-state index contributed by atoms with van der Waals surface area (Å²) in [7, 11) is 1.55. The SMILES string of the molecule is COc1ccc2[nH]c3c(c2c1)CCNCC3(C(=O)O)C(=O)O. The zero-order valence-corrected chi connectivity index (χ0v) is 12.0. The Balaban J connectivity index is 2.33. The highest BCUT2D eigenvalue weighted by molar-refractivity contribution is 6.06. The molecule has 2 heterocycles. The molecule has 0 spiro atoms. The number of rotatable bonds is 3. The van der Waals surface area contributed by atoms with Crippen molar-refractivity contribution in [2.24, 2.45) is 0 Å². The minimum atomic E-state index is -2.02. The summed E-state index contributed by atoms with van der Waals surface area (Å²) in [6.45, 7) is 0.355. The van der Waals surface area contributed by atoms with Crippen LogP contribution in [0.1, 0.15) is 11.3 Å². The Kier molecular flexibility index (Phi) is 3.29. The fourth-order valence-electron chi connectivity index (χ4n) is 3.01. The number of benzene rings is 1. The normalized spacial score (nSPS) is 16.8. The largest absolute Gasteiger partial charge is 0.497 e. The molecule has 1 aromatic carbocycles. The maximum absolute atomic E-state index is 11.8. The highest BCUT2D eigenvalue weighted by Gasteiger charge is 2.51. The molecule has 4 N–H and O–H groups in total. The number of aliphatic carboxylic acids is 2. The first-order valence-corrected chi connectivity index (χ1v) is 6.87. The molecule has 0 saturated heterocycles. The predicted molar refractivity (Wildman–Crippen MR) is 78.4 cm³/mol. The maximum atomic E-state index is 11.8. The molecule has 3 rings (SSSR count). The minimum absolute atomic E-state index is 0.158. The van der Waals surface area contributed by atoms with Gasteiger partial charge in [0.1, 0.15) is 5.75 Å². The number of methoxy groups -OCH3 is 1. The Bertz CT molecular complexity index is 751. The third kappa shape index (κ3) is 1.86. The lowest BCUT2D eigenvalue weighted by Gasteiger charge is -2.23. The minimum Gasteiger partial charge on any atom is -0.497 e. The summed E-state index contributed by atoms with van der Waals surface area (Å²) in [6.07, 6.45) is 0.546. The van der Waals surface area contributed by atoms with Crippen molar-refractivity contribution in [2.75, 3.05) is 20.2 Å². The monoisotopic (exact) mass is 304 g/mol. The lowest BCUT2D eigenvalue weighted by Crippen LogP contribution is -2.50. The van der Waals surface area contributed by atoms with Crippen molar-refractivity contribution in [3.63, 3.8) is 0 Å². The van der Waals surface area contributed by atoms with Crippen LogP contribution in [0.5, 0.6) is 5.75 Å². The number of hydrogen-bond acceptors (Lipinski definition) is 4. The van der Waals surface area contributed by atoms with E-state index in [9.17, 15) is 19.8 Å². The fourth-order valence-corrected chi connectivity index (χ4v) is 3.01. The molecule has 0 radical (unpaired) electrons. The highest BCUT2D eigenvalue weighted by atomic mass is 16.5. The van der Waals surface area contributed by atoms with Gasteiger partial charge in [0.2, 0.25) is 5.41 Å². The molecule has 0 amide bonds.